The van der Waals surface area contributed by atoms with E-state index in [1.54, 1.807) is 0 Å². The van der Waals surface area contributed by atoms with Gasteiger partial charge in [0.25, 0.3) is 0 Å². The monoisotopic (exact) mass is 401 g/mol. The Morgan fingerprint density at radius 1 is 1.26 bits per heavy atom. The Kier molecular flexibility index (Phi) is 4.17. The van der Waals surface area contributed by atoms with Crippen LogP contribution in [0.4, 0.5) is 26.3 Å². The lowest BCUT2D eigenvalue weighted by molar-refractivity contribution is -0.276. The van der Waals surface area contributed by atoms with Crippen molar-refractivity contribution >= 4 is 28.6 Å². The van der Waals surface area contributed by atoms with Crippen LogP contribution >= 0.6 is 22.6 Å². The van der Waals surface area contributed by atoms with Gasteiger partial charge < -0.3 is 9.84 Å². The molecule has 1 aromatic rings. The standard InChI is InChI=1S/C8H2F6INO3/c9-7(10,11)5-4(15)2(6(17)18)1-3(16-5)19-8(12,13)14/h1H,(H,17,18). The Morgan fingerprint density at radius 2 is 1.79 bits per heavy atom. The van der Waals surface area contributed by atoms with Crippen molar-refractivity contribution in [2.45, 2.75) is 12.5 Å². The molecule has 0 saturated carbocycles. The zero-order chi connectivity index (χ0) is 15.0. The Morgan fingerprint density at radius 3 is 2.16 bits per heavy atom. The smallest absolute Gasteiger partial charge is 0.478 e. The Bertz CT molecular complexity index is 512. The SMILES string of the molecule is O=C(O)c1cc(OC(F)(F)F)nc(C(F)(F)F)c1I. The number of halogens is 7. The molecular formula is C8H2F6INO3. The molecule has 0 atom stereocenters. The van der Waals surface area contributed by atoms with Crippen LogP contribution in [0, 0.1) is 3.57 Å². The lowest BCUT2D eigenvalue weighted by atomic mass is 10.2. The molecule has 1 heterocycles. The molecule has 0 aromatic carbocycles. The van der Waals surface area contributed by atoms with Crippen molar-refractivity contribution in [2.75, 3.05) is 0 Å². The van der Waals surface area contributed by atoms with Crippen LogP contribution in [0.3, 0.4) is 0 Å². The zero-order valence-corrected chi connectivity index (χ0v) is 10.6. The maximum atomic E-state index is 12.5. The molecule has 106 valence electrons. The molecule has 1 aromatic heterocycles. The van der Waals surface area contributed by atoms with Gasteiger partial charge in [0.05, 0.1) is 9.13 Å². The van der Waals surface area contributed by atoms with Gasteiger partial charge in [-0.1, -0.05) is 0 Å². The van der Waals surface area contributed by atoms with E-state index in [1.807, 2.05) is 0 Å². The summed E-state index contributed by atoms with van der Waals surface area (Å²) in [6, 6.07) is 0.271. The molecule has 0 radical (unpaired) electrons. The predicted molar refractivity (Wildman–Crippen MR) is 55.6 cm³/mol. The summed E-state index contributed by atoms with van der Waals surface area (Å²) >= 11 is 1.04. The second-order valence-corrected chi connectivity index (χ2v) is 4.10. The molecule has 0 aliphatic heterocycles. The average Bonchev–Trinajstić information content (AvgIpc) is 2.16. The summed E-state index contributed by atoms with van der Waals surface area (Å²) in [7, 11) is 0. The molecule has 11 heteroatoms. The number of pyridine rings is 1. The molecular weight excluding hydrogens is 399 g/mol. The van der Waals surface area contributed by atoms with Gasteiger partial charge in [0.1, 0.15) is 0 Å². The van der Waals surface area contributed by atoms with Gasteiger partial charge in [-0.25, -0.2) is 9.78 Å². The summed E-state index contributed by atoms with van der Waals surface area (Å²) < 4.78 is 75.6. The maximum absolute atomic E-state index is 12.5. The van der Waals surface area contributed by atoms with Gasteiger partial charge in [-0.15, -0.1) is 13.2 Å². The summed E-state index contributed by atoms with van der Waals surface area (Å²) in [6.07, 6.45) is -10.4. The summed E-state index contributed by atoms with van der Waals surface area (Å²) in [5.74, 6) is -3.32. The highest BCUT2D eigenvalue weighted by atomic mass is 127. The van der Waals surface area contributed by atoms with Crippen molar-refractivity contribution in [2.24, 2.45) is 0 Å². The summed E-state index contributed by atoms with van der Waals surface area (Å²) in [5, 5.41) is 8.64. The van der Waals surface area contributed by atoms with Crippen molar-refractivity contribution in [3.63, 3.8) is 0 Å². The molecule has 0 bridgehead atoms. The van der Waals surface area contributed by atoms with Crippen LogP contribution in [0.2, 0.25) is 0 Å². The Balaban J connectivity index is 3.44. The number of carboxylic acid groups (broad SMARTS) is 1. The number of alkyl halides is 6. The third kappa shape index (κ3) is 4.11. The first kappa shape index (κ1) is 15.8. The number of rotatable bonds is 2. The third-order valence-electron chi connectivity index (χ3n) is 1.65. The van der Waals surface area contributed by atoms with E-state index in [1.165, 1.54) is 0 Å². The number of ether oxygens (including phenoxy) is 1. The fraction of sp³-hybridized carbons (Fsp3) is 0.250. The maximum Gasteiger partial charge on any atom is 0.574 e. The topological polar surface area (TPSA) is 59.4 Å². The van der Waals surface area contributed by atoms with Crippen molar-refractivity contribution < 1.29 is 41.0 Å². The van der Waals surface area contributed by atoms with Crippen molar-refractivity contribution in [3.05, 3.63) is 20.9 Å². The number of carboxylic acids is 1. The van der Waals surface area contributed by atoms with E-state index in [0.717, 1.165) is 22.6 Å². The first-order chi connectivity index (χ1) is 8.42. The highest BCUT2D eigenvalue weighted by Crippen LogP contribution is 2.35. The van der Waals surface area contributed by atoms with Gasteiger partial charge >= 0.3 is 18.5 Å². The van der Waals surface area contributed by atoms with Crippen LogP contribution < -0.4 is 4.74 Å². The quantitative estimate of drug-likeness (QED) is 0.611. The molecule has 0 spiro atoms. The van der Waals surface area contributed by atoms with Gasteiger partial charge in [-0.2, -0.15) is 13.2 Å². The van der Waals surface area contributed by atoms with Crippen LogP contribution in [0.5, 0.6) is 5.88 Å². The predicted octanol–water partition coefficient (Wildman–Crippen LogP) is 3.30. The number of nitrogens with zero attached hydrogens (tertiary/aromatic N) is 1. The van der Waals surface area contributed by atoms with E-state index in [0.29, 0.717) is 0 Å². The lowest BCUT2D eigenvalue weighted by Crippen LogP contribution is -2.21. The molecule has 0 saturated heterocycles. The van der Waals surface area contributed by atoms with E-state index in [4.69, 9.17) is 5.11 Å². The minimum atomic E-state index is -5.28. The molecule has 1 N–H and O–H groups in total. The second kappa shape index (κ2) is 5.02. The van der Waals surface area contributed by atoms with E-state index >= 15 is 0 Å². The molecule has 19 heavy (non-hydrogen) atoms. The first-order valence-electron chi connectivity index (χ1n) is 4.18. The molecule has 0 aliphatic carbocycles. The fourth-order valence-electron chi connectivity index (χ4n) is 1.02. The number of carbonyl (C=O) groups is 1. The van der Waals surface area contributed by atoms with E-state index in [2.05, 4.69) is 9.72 Å². The second-order valence-electron chi connectivity index (χ2n) is 3.02. The molecule has 0 amide bonds. The summed E-state index contributed by atoms with van der Waals surface area (Å²) in [6.45, 7) is 0. The van der Waals surface area contributed by atoms with Gasteiger partial charge in [-0.3, -0.25) is 0 Å². The molecule has 1 rings (SSSR count). The number of hydrogen-bond donors (Lipinski definition) is 1. The molecule has 0 unspecified atom stereocenters. The Hall–Kier alpha value is -1.27. The summed E-state index contributed by atoms with van der Waals surface area (Å²) in [5.41, 5.74) is -2.74. The van der Waals surface area contributed by atoms with Gasteiger partial charge in [0.2, 0.25) is 5.88 Å². The van der Waals surface area contributed by atoms with Crippen molar-refractivity contribution in [1.29, 1.82) is 0 Å². The molecule has 0 aliphatic rings. The van der Waals surface area contributed by atoms with E-state index in [9.17, 15) is 31.1 Å². The highest BCUT2D eigenvalue weighted by molar-refractivity contribution is 14.1. The van der Waals surface area contributed by atoms with Crippen LogP contribution in [0.25, 0.3) is 0 Å². The number of aromatic carboxylic acids is 1. The summed E-state index contributed by atoms with van der Waals surface area (Å²) in [4.78, 5) is 13.3. The van der Waals surface area contributed by atoms with Crippen LogP contribution in [-0.2, 0) is 6.18 Å². The van der Waals surface area contributed by atoms with Crippen molar-refractivity contribution in [1.82, 2.24) is 4.98 Å². The van der Waals surface area contributed by atoms with E-state index in [-0.39, 0.29) is 6.07 Å². The van der Waals surface area contributed by atoms with Gasteiger partial charge in [0, 0.05) is 6.07 Å². The fourth-order valence-corrected chi connectivity index (χ4v) is 1.83. The molecule has 4 nitrogen and oxygen atoms in total. The van der Waals surface area contributed by atoms with E-state index < -0.39 is 39.2 Å². The van der Waals surface area contributed by atoms with Gasteiger partial charge in [0.15, 0.2) is 5.69 Å². The largest absolute Gasteiger partial charge is 0.574 e. The highest BCUT2D eigenvalue weighted by Gasteiger charge is 2.39. The van der Waals surface area contributed by atoms with Crippen molar-refractivity contribution in [3.8, 4) is 5.88 Å². The number of aromatic nitrogens is 1. The zero-order valence-electron chi connectivity index (χ0n) is 8.43. The lowest BCUT2D eigenvalue weighted by Gasteiger charge is -2.14. The number of hydrogen-bond acceptors (Lipinski definition) is 3. The van der Waals surface area contributed by atoms with Crippen LogP contribution in [-0.4, -0.2) is 22.4 Å². The first-order valence-corrected chi connectivity index (χ1v) is 5.26. The third-order valence-corrected chi connectivity index (χ3v) is 2.75. The van der Waals surface area contributed by atoms with Crippen LogP contribution in [0.15, 0.2) is 6.07 Å². The van der Waals surface area contributed by atoms with Crippen LogP contribution in [0.1, 0.15) is 16.1 Å². The molecule has 0 fully saturated rings. The average molecular weight is 401 g/mol. The Labute approximate surface area is 114 Å². The minimum absolute atomic E-state index is 0.271. The van der Waals surface area contributed by atoms with Gasteiger partial charge in [-0.05, 0) is 22.6 Å². The minimum Gasteiger partial charge on any atom is -0.478 e. The normalized spacial score (nSPS) is 12.4.